The monoisotopic (exact) mass is 394 g/mol. The number of benzene rings is 2. The van der Waals surface area contributed by atoms with E-state index in [2.05, 4.69) is 26.5 Å². The number of nitrogens with zero attached hydrogens (tertiary/aromatic N) is 1. The number of aryl methyl sites for hydroxylation is 1. The van der Waals surface area contributed by atoms with Crippen molar-refractivity contribution in [3.8, 4) is 5.75 Å². The molecular weight excluding hydrogens is 380 g/mol. The second-order valence-corrected chi connectivity index (χ2v) is 6.26. The van der Waals surface area contributed by atoms with Gasteiger partial charge in [0.15, 0.2) is 6.61 Å². The molecule has 0 bridgehead atoms. The van der Waals surface area contributed by atoms with Crippen molar-refractivity contribution in [3.05, 3.63) is 63.1 Å². The summed E-state index contributed by atoms with van der Waals surface area (Å²) in [5, 5.41) is 4.73. The van der Waals surface area contributed by atoms with Gasteiger partial charge in [-0.3, -0.25) is 4.79 Å². The van der Waals surface area contributed by atoms with Crippen LogP contribution in [0.15, 0.2) is 52.0 Å². The largest absolute Gasteiger partial charge is 0.484 e. The second-order valence-electron chi connectivity index (χ2n) is 4.94. The Balaban J connectivity index is 1.88. The molecule has 0 aliphatic carbocycles. The zero-order valence-electron chi connectivity index (χ0n) is 12.8. The zero-order valence-corrected chi connectivity index (χ0v) is 15.1. The van der Waals surface area contributed by atoms with Crippen molar-refractivity contribution in [2.75, 3.05) is 6.61 Å². The van der Waals surface area contributed by atoms with Gasteiger partial charge in [0.05, 0.1) is 5.71 Å². The normalized spacial score (nSPS) is 11.2. The van der Waals surface area contributed by atoms with Crippen LogP contribution in [0.1, 0.15) is 18.1 Å². The Labute approximate surface area is 148 Å². The molecule has 0 atom stereocenters. The highest BCUT2D eigenvalue weighted by atomic mass is 79.9. The van der Waals surface area contributed by atoms with Crippen LogP contribution in [0, 0.1) is 6.92 Å². The lowest BCUT2D eigenvalue weighted by atomic mass is 10.1. The molecule has 0 aliphatic rings. The highest BCUT2D eigenvalue weighted by Crippen LogP contribution is 2.20. The second kappa shape index (κ2) is 8.13. The summed E-state index contributed by atoms with van der Waals surface area (Å²) in [7, 11) is 0. The van der Waals surface area contributed by atoms with Crippen LogP contribution < -0.4 is 10.2 Å². The average Bonchev–Trinajstić information content (AvgIpc) is 2.54. The maximum atomic E-state index is 11.8. The van der Waals surface area contributed by atoms with Gasteiger partial charge in [-0.05, 0) is 55.3 Å². The molecule has 0 aliphatic heterocycles. The summed E-state index contributed by atoms with van der Waals surface area (Å²) in [6, 6.07) is 12.9. The fourth-order valence-electron chi connectivity index (χ4n) is 1.79. The van der Waals surface area contributed by atoms with Crippen molar-refractivity contribution in [1.29, 1.82) is 0 Å². The topological polar surface area (TPSA) is 50.7 Å². The summed E-state index contributed by atoms with van der Waals surface area (Å²) >= 11 is 9.31. The van der Waals surface area contributed by atoms with Gasteiger partial charge in [-0.15, -0.1) is 0 Å². The number of hydrogen-bond acceptors (Lipinski definition) is 3. The molecule has 120 valence electrons. The lowest BCUT2D eigenvalue weighted by Crippen LogP contribution is -2.25. The summed E-state index contributed by atoms with van der Waals surface area (Å²) in [6.45, 7) is 3.59. The van der Waals surface area contributed by atoms with Crippen molar-refractivity contribution in [3.63, 3.8) is 0 Å². The molecule has 2 aromatic rings. The summed E-state index contributed by atoms with van der Waals surface area (Å²) in [6.07, 6.45) is 0. The Morgan fingerprint density at radius 2 is 1.96 bits per heavy atom. The number of carbonyl (C=O) groups is 1. The van der Waals surface area contributed by atoms with Crippen molar-refractivity contribution in [1.82, 2.24) is 5.43 Å². The van der Waals surface area contributed by atoms with Gasteiger partial charge in [0.2, 0.25) is 0 Å². The van der Waals surface area contributed by atoms with Crippen LogP contribution in [0.4, 0.5) is 0 Å². The predicted molar refractivity (Wildman–Crippen MR) is 96.2 cm³/mol. The lowest BCUT2D eigenvalue weighted by molar-refractivity contribution is -0.123. The Morgan fingerprint density at radius 3 is 2.61 bits per heavy atom. The van der Waals surface area contributed by atoms with E-state index in [0.717, 1.165) is 15.6 Å². The molecule has 0 heterocycles. The number of hydrogen-bond donors (Lipinski definition) is 1. The first-order valence-electron chi connectivity index (χ1n) is 6.94. The smallest absolute Gasteiger partial charge is 0.277 e. The van der Waals surface area contributed by atoms with E-state index in [1.54, 1.807) is 18.2 Å². The molecule has 0 fully saturated rings. The van der Waals surface area contributed by atoms with Crippen LogP contribution in [0.2, 0.25) is 5.02 Å². The van der Waals surface area contributed by atoms with Crippen molar-refractivity contribution >= 4 is 39.1 Å². The molecule has 4 nitrogen and oxygen atoms in total. The minimum atomic E-state index is -0.325. The van der Waals surface area contributed by atoms with Crippen molar-refractivity contribution in [2.45, 2.75) is 13.8 Å². The predicted octanol–water partition coefficient (Wildman–Crippen LogP) is 4.33. The number of rotatable bonds is 5. The Morgan fingerprint density at radius 1 is 1.26 bits per heavy atom. The van der Waals surface area contributed by atoms with Gasteiger partial charge < -0.3 is 4.74 Å². The molecule has 0 radical (unpaired) electrons. The summed E-state index contributed by atoms with van der Waals surface area (Å²) in [5.41, 5.74) is 5.02. The highest BCUT2D eigenvalue weighted by molar-refractivity contribution is 9.10. The number of hydrazone groups is 1. The SMILES string of the molecule is CC(=NNC(=O)COc1ccc(Cl)c(C)c1)c1ccc(Br)cc1. The highest BCUT2D eigenvalue weighted by Gasteiger charge is 2.04. The van der Waals surface area contributed by atoms with Crippen LogP contribution in [-0.2, 0) is 4.79 Å². The van der Waals surface area contributed by atoms with E-state index in [9.17, 15) is 4.79 Å². The summed E-state index contributed by atoms with van der Waals surface area (Å²) in [5.74, 6) is 0.268. The van der Waals surface area contributed by atoms with Crippen LogP contribution in [0.3, 0.4) is 0 Å². The molecule has 2 rings (SSSR count). The Bertz CT molecular complexity index is 730. The maximum absolute atomic E-state index is 11.8. The molecule has 1 amide bonds. The van der Waals surface area contributed by atoms with E-state index < -0.39 is 0 Å². The Hall–Kier alpha value is -1.85. The fourth-order valence-corrected chi connectivity index (χ4v) is 2.17. The zero-order chi connectivity index (χ0) is 16.8. The molecule has 2 aromatic carbocycles. The standard InChI is InChI=1S/C17H16BrClN2O2/c1-11-9-15(7-8-16(11)19)23-10-17(22)21-20-12(2)13-3-5-14(18)6-4-13/h3-9H,10H2,1-2H3,(H,21,22). The van der Waals surface area contributed by atoms with Gasteiger partial charge in [0.25, 0.3) is 5.91 Å². The molecule has 0 saturated heterocycles. The number of carbonyl (C=O) groups excluding carboxylic acids is 1. The van der Waals surface area contributed by atoms with Gasteiger partial charge in [-0.25, -0.2) is 5.43 Å². The van der Waals surface area contributed by atoms with Crippen LogP contribution >= 0.6 is 27.5 Å². The molecule has 0 aromatic heterocycles. The van der Waals surface area contributed by atoms with E-state index in [-0.39, 0.29) is 12.5 Å². The van der Waals surface area contributed by atoms with Gasteiger partial charge in [-0.2, -0.15) is 5.10 Å². The van der Waals surface area contributed by atoms with Gasteiger partial charge >= 0.3 is 0 Å². The van der Waals surface area contributed by atoms with Gasteiger partial charge in [0.1, 0.15) is 5.75 Å². The summed E-state index contributed by atoms with van der Waals surface area (Å²) < 4.78 is 6.40. The third kappa shape index (κ3) is 5.37. The van der Waals surface area contributed by atoms with Crippen LogP contribution in [-0.4, -0.2) is 18.2 Å². The van der Waals surface area contributed by atoms with E-state index in [1.165, 1.54) is 0 Å². The molecule has 0 spiro atoms. The molecule has 23 heavy (non-hydrogen) atoms. The van der Waals surface area contributed by atoms with Gasteiger partial charge in [-0.1, -0.05) is 39.7 Å². The van der Waals surface area contributed by atoms with E-state index in [1.807, 2.05) is 38.1 Å². The number of ether oxygens (including phenoxy) is 1. The van der Waals surface area contributed by atoms with Crippen LogP contribution in [0.5, 0.6) is 5.75 Å². The number of halogens is 2. The summed E-state index contributed by atoms with van der Waals surface area (Å²) in [4.78, 5) is 11.8. The average molecular weight is 396 g/mol. The maximum Gasteiger partial charge on any atom is 0.277 e. The Kier molecular flexibility index (Phi) is 6.19. The molecule has 0 unspecified atom stereocenters. The van der Waals surface area contributed by atoms with Crippen LogP contribution in [0.25, 0.3) is 0 Å². The lowest BCUT2D eigenvalue weighted by Gasteiger charge is -2.07. The molecule has 0 saturated carbocycles. The number of nitrogens with one attached hydrogen (secondary N) is 1. The molecule has 1 N–H and O–H groups in total. The first-order valence-corrected chi connectivity index (χ1v) is 8.11. The fraction of sp³-hybridized carbons (Fsp3) is 0.176. The van der Waals surface area contributed by atoms with Crippen molar-refractivity contribution < 1.29 is 9.53 Å². The molecule has 6 heteroatoms. The van der Waals surface area contributed by atoms with E-state index in [0.29, 0.717) is 16.5 Å². The first-order chi connectivity index (χ1) is 11.0. The van der Waals surface area contributed by atoms with E-state index in [4.69, 9.17) is 16.3 Å². The molecular formula is C17H16BrClN2O2. The quantitative estimate of drug-likeness (QED) is 0.605. The van der Waals surface area contributed by atoms with Gasteiger partial charge in [0, 0.05) is 9.50 Å². The third-order valence-corrected chi connectivity index (χ3v) is 4.06. The van der Waals surface area contributed by atoms with E-state index >= 15 is 0 Å². The first kappa shape index (κ1) is 17.5. The number of amides is 1. The third-order valence-electron chi connectivity index (χ3n) is 3.11. The minimum Gasteiger partial charge on any atom is -0.484 e. The minimum absolute atomic E-state index is 0.113. The van der Waals surface area contributed by atoms with Crippen molar-refractivity contribution in [2.24, 2.45) is 5.10 Å².